The van der Waals surface area contributed by atoms with Crippen molar-refractivity contribution in [1.29, 1.82) is 0 Å². The maximum absolute atomic E-state index is 13.4. The second-order valence-corrected chi connectivity index (χ2v) is 4.38. The molecule has 1 saturated heterocycles. The molecule has 0 radical (unpaired) electrons. The van der Waals surface area contributed by atoms with Crippen LogP contribution in [-0.2, 0) is 0 Å². The molecule has 2 atom stereocenters. The van der Waals surface area contributed by atoms with Crippen LogP contribution in [0.5, 0.6) is 0 Å². The van der Waals surface area contributed by atoms with Crippen LogP contribution in [0.3, 0.4) is 0 Å². The van der Waals surface area contributed by atoms with E-state index in [9.17, 15) is 8.78 Å². The Bertz CT molecular complexity index is 288. The summed E-state index contributed by atoms with van der Waals surface area (Å²) in [5.41, 5.74) is 8.10. The van der Waals surface area contributed by atoms with Crippen molar-refractivity contribution >= 4 is 0 Å². The zero-order valence-electron chi connectivity index (χ0n) is 8.44. The number of hydrogen-bond acceptors (Lipinski definition) is 2. The topological polar surface area (TPSA) is 52.0 Å². The highest BCUT2D eigenvalue weighted by Crippen LogP contribution is 2.47. The standard InChI is InChI=1S/C9H14F2N4/c10-9(11)2-1-7-5-15(6-8(7)9)4-3-13-14-12/h7-8H,1-6H2/t7-,8+/m0/s1. The zero-order chi connectivity index (χ0) is 10.9. The van der Waals surface area contributed by atoms with Crippen LogP contribution in [0.25, 0.3) is 10.4 Å². The molecule has 0 N–H and O–H groups in total. The summed E-state index contributed by atoms with van der Waals surface area (Å²) in [6, 6.07) is 0. The highest BCUT2D eigenvalue weighted by molar-refractivity contribution is 4.98. The van der Waals surface area contributed by atoms with Gasteiger partial charge in [0.25, 0.3) is 5.92 Å². The van der Waals surface area contributed by atoms with Crippen molar-refractivity contribution in [2.24, 2.45) is 17.0 Å². The third-order valence-corrected chi connectivity index (χ3v) is 3.49. The summed E-state index contributed by atoms with van der Waals surface area (Å²) in [6.07, 6.45) is 0.683. The van der Waals surface area contributed by atoms with Crippen molar-refractivity contribution in [2.75, 3.05) is 26.2 Å². The Labute approximate surface area is 86.9 Å². The van der Waals surface area contributed by atoms with Crippen LogP contribution in [0.2, 0.25) is 0 Å². The summed E-state index contributed by atoms with van der Waals surface area (Å²) in [4.78, 5) is 4.63. The van der Waals surface area contributed by atoms with Gasteiger partial charge in [-0.3, -0.25) is 0 Å². The Kier molecular flexibility index (Phi) is 2.80. The van der Waals surface area contributed by atoms with Crippen molar-refractivity contribution in [3.63, 3.8) is 0 Å². The van der Waals surface area contributed by atoms with E-state index < -0.39 is 11.8 Å². The number of hydrogen-bond donors (Lipinski definition) is 0. The molecule has 4 nitrogen and oxygen atoms in total. The van der Waals surface area contributed by atoms with Gasteiger partial charge in [-0.1, -0.05) is 5.11 Å². The number of azide groups is 1. The fourth-order valence-electron chi connectivity index (χ4n) is 2.71. The van der Waals surface area contributed by atoms with E-state index in [2.05, 4.69) is 10.0 Å². The van der Waals surface area contributed by atoms with E-state index in [1.54, 1.807) is 0 Å². The van der Waals surface area contributed by atoms with Gasteiger partial charge in [-0.05, 0) is 17.9 Å². The summed E-state index contributed by atoms with van der Waals surface area (Å²) in [5.74, 6) is -2.80. The van der Waals surface area contributed by atoms with E-state index in [0.717, 1.165) is 6.54 Å². The van der Waals surface area contributed by atoms with Gasteiger partial charge in [-0.2, -0.15) is 0 Å². The van der Waals surface area contributed by atoms with Crippen LogP contribution in [-0.4, -0.2) is 37.0 Å². The second-order valence-electron chi connectivity index (χ2n) is 4.38. The summed E-state index contributed by atoms with van der Waals surface area (Å²) in [6.45, 7) is 2.18. The quantitative estimate of drug-likeness (QED) is 0.405. The number of fused-ring (bicyclic) bond motifs is 1. The molecule has 1 aliphatic carbocycles. The molecule has 1 aliphatic heterocycles. The molecule has 84 valence electrons. The summed E-state index contributed by atoms with van der Waals surface area (Å²) >= 11 is 0. The van der Waals surface area contributed by atoms with Crippen molar-refractivity contribution in [1.82, 2.24) is 4.90 Å². The van der Waals surface area contributed by atoms with Gasteiger partial charge >= 0.3 is 0 Å². The van der Waals surface area contributed by atoms with E-state index in [1.165, 1.54) is 0 Å². The first-order valence-electron chi connectivity index (χ1n) is 5.24. The molecule has 0 aromatic heterocycles. The van der Waals surface area contributed by atoms with Crippen LogP contribution in [0, 0.1) is 11.8 Å². The third kappa shape index (κ3) is 2.06. The van der Waals surface area contributed by atoms with Crippen molar-refractivity contribution in [2.45, 2.75) is 18.8 Å². The fourth-order valence-corrected chi connectivity index (χ4v) is 2.71. The van der Waals surface area contributed by atoms with E-state index in [4.69, 9.17) is 5.53 Å². The highest BCUT2D eigenvalue weighted by Gasteiger charge is 2.53. The van der Waals surface area contributed by atoms with Gasteiger partial charge in [0.05, 0.1) is 0 Å². The van der Waals surface area contributed by atoms with Crippen LogP contribution < -0.4 is 0 Å². The minimum absolute atomic E-state index is 0.0481. The van der Waals surface area contributed by atoms with E-state index in [0.29, 0.717) is 26.1 Å². The Balaban J connectivity index is 1.87. The van der Waals surface area contributed by atoms with Crippen LogP contribution >= 0.6 is 0 Å². The van der Waals surface area contributed by atoms with Crippen molar-refractivity contribution < 1.29 is 8.78 Å². The van der Waals surface area contributed by atoms with Gasteiger partial charge < -0.3 is 4.90 Å². The average molecular weight is 216 g/mol. The lowest BCUT2D eigenvalue weighted by atomic mass is 9.99. The monoisotopic (exact) mass is 216 g/mol. The molecule has 0 aromatic rings. The molecule has 0 amide bonds. The first-order chi connectivity index (χ1) is 7.13. The van der Waals surface area contributed by atoms with E-state index in [-0.39, 0.29) is 12.3 Å². The Morgan fingerprint density at radius 1 is 1.47 bits per heavy atom. The first kappa shape index (κ1) is 10.6. The number of likely N-dealkylation sites (tertiary alicyclic amines) is 1. The molecule has 0 unspecified atom stereocenters. The molecule has 2 rings (SSSR count). The smallest absolute Gasteiger partial charge is 0.252 e. The number of alkyl halides is 2. The highest BCUT2D eigenvalue weighted by atomic mass is 19.3. The predicted molar refractivity (Wildman–Crippen MR) is 51.6 cm³/mol. The normalized spacial score (nSPS) is 33.7. The largest absolute Gasteiger partial charge is 0.302 e. The third-order valence-electron chi connectivity index (χ3n) is 3.49. The average Bonchev–Trinajstić information content (AvgIpc) is 2.69. The molecule has 1 saturated carbocycles. The number of nitrogens with zero attached hydrogens (tertiary/aromatic N) is 4. The lowest BCUT2D eigenvalue weighted by Gasteiger charge is -2.19. The Morgan fingerprint density at radius 2 is 2.27 bits per heavy atom. The summed E-state index contributed by atoms with van der Waals surface area (Å²) < 4.78 is 26.7. The molecule has 15 heavy (non-hydrogen) atoms. The minimum Gasteiger partial charge on any atom is -0.302 e. The van der Waals surface area contributed by atoms with Crippen molar-refractivity contribution in [3.05, 3.63) is 10.4 Å². The first-order valence-corrected chi connectivity index (χ1v) is 5.24. The molecule has 2 aliphatic rings. The van der Waals surface area contributed by atoms with Gasteiger partial charge in [-0.15, -0.1) is 0 Å². The summed E-state index contributed by atoms with van der Waals surface area (Å²) in [5, 5.41) is 3.42. The van der Waals surface area contributed by atoms with Crippen LogP contribution in [0.4, 0.5) is 8.78 Å². The van der Waals surface area contributed by atoms with Gasteiger partial charge in [0, 0.05) is 43.4 Å². The Morgan fingerprint density at radius 3 is 2.93 bits per heavy atom. The lowest BCUT2D eigenvalue weighted by Crippen LogP contribution is -2.30. The van der Waals surface area contributed by atoms with Gasteiger partial charge in [0.2, 0.25) is 0 Å². The number of halogens is 2. The van der Waals surface area contributed by atoms with Crippen molar-refractivity contribution in [3.8, 4) is 0 Å². The van der Waals surface area contributed by atoms with Gasteiger partial charge in [0.15, 0.2) is 0 Å². The Hall–Kier alpha value is -0.870. The molecule has 0 aromatic carbocycles. The van der Waals surface area contributed by atoms with E-state index >= 15 is 0 Å². The summed E-state index contributed by atoms with van der Waals surface area (Å²) in [7, 11) is 0. The fraction of sp³-hybridized carbons (Fsp3) is 1.00. The minimum atomic E-state index is -2.47. The van der Waals surface area contributed by atoms with Crippen LogP contribution in [0.15, 0.2) is 5.11 Å². The second kappa shape index (κ2) is 3.94. The van der Waals surface area contributed by atoms with Gasteiger partial charge in [0.1, 0.15) is 0 Å². The SMILES string of the molecule is [N-]=[N+]=NCCN1C[C@@H]2CCC(F)(F)[C@@H]2C1. The lowest BCUT2D eigenvalue weighted by molar-refractivity contribution is -0.0397. The molecule has 6 heteroatoms. The molecule has 0 bridgehead atoms. The van der Waals surface area contributed by atoms with Crippen LogP contribution in [0.1, 0.15) is 12.8 Å². The maximum atomic E-state index is 13.4. The molecular weight excluding hydrogens is 202 g/mol. The predicted octanol–water partition coefficient (Wildman–Crippen LogP) is 2.27. The molecular formula is C9H14F2N4. The van der Waals surface area contributed by atoms with E-state index in [1.807, 2.05) is 4.90 Å². The zero-order valence-corrected chi connectivity index (χ0v) is 8.44. The molecule has 2 fully saturated rings. The maximum Gasteiger partial charge on any atom is 0.252 e. The molecule has 1 heterocycles. The number of rotatable bonds is 3. The van der Waals surface area contributed by atoms with Gasteiger partial charge in [-0.25, -0.2) is 8.78 Å². The molecule has 0 spiro atoms.